The van der Waals surface area contributed by atoms with Crippen molar-refractivity contribution in [3.05, 3.63) is 23.9 Å². The maximum absolute atomic E-state index is 4.52. The van der Waals surface area contributed by atoms with Crippen LogP contribution in [-0.4, -0.2) is 20.6 Å². The molecule has 2 heterocycles. The van der Waals surface area contributed by atoms with Gasteiger partial charge in [0.1, 0.15) is 0 Å². The molecule has 1 aliphatic carbocycles. The van der Waals surface area contributed by atoms with Crippen LogP contribution in [0.4, 0.5) is 5.95 Å². The molecule has 4 heteroatoms. The number of nitrogens with one attached hydrogen (secondary N) is 1. The molecule has 2 aromatic heterocycles. The molecule has 0 radical (unpaired) electrons. The molecule has 0 spiro atoms. The van der Waals surface area contributed by atoms with Crippen molar-refractivity contribution in [1.82, 2.24) is 14.6 Å². The molecule has 0 aliphatic heterocycles. The van der Waals surface area contributed by atoms with E-state index in [4.69, 9.17) is 0 Å². The van der Waals surface area contributed by atoms with Crippen molar-refractivity contribution in [3.8, 4) is 0 Å². The lowest BCUT2D eigenvalue weighted by molar-refractivity contribution is 0.743. The maximum Gasteiger partial charge on any atom is 0.243 e. The third kappa shape index (κ3) is 1.64. The van der Waals surface area contributed by atoms with Gasteiger partial charge in [-0.3, -0.25) is 0 Å². The summed E-state index contributed by atoms with van der Waals surface area (Å²) in [5.41, 5.74) is 2.11. The van der Waals surface area contributed by atoms with Crippen LogP contribution in [-0.2, 0) is 0 Å². The Kier molecular flexibility index (Phi) is 2.27. The highest BCUT2D eigenvalue weighted by atomic mass is 15.3. The zero-order chi connectivity index (χ0) is 11.0. The fraction of sp³-hybridized carbons (Fsp3) is 0.500. The van der Waals surface area contributed by atoms with Gasteiger partial charge in [-0.1, -0.05) is 18.9 Å². The standard InChI is InChI=1S/C12H16N4/c1-9-5-4-8-16-11(9)14-12(15-16)13-10-6-2-3-7-10/h4-5,8,10H,2-3,6-7H2,1H3,(H,13,15). The van der Waals surface area contributed by atoms with E-state index in [1.165, 1.54) is 25.7 Å². The van der Waals surface area contributed by atoms with Gasteiger partial charge in [0, 0.05) is 12.2 Å². The molecule has 0 unspecified atom stereocenters. The highest BCUT2D eigenvalue weighted by Crippen LogP contribution is 2.21. The first-order valence-corrected chi connectivity index (χ1v) is 5.91. The number of pyridine rings is 1. The van der Waals surface area contributed by atoms with E-state index in [9.17, 15) is 0 Å². The molecule has 1 N–H and O–H groups in total. The van der Waals surface area contributed by atoms with E-state index < -0.39 is 0 Å². The summed E-state index contributed by atoms with van der Waals surface area (Å²) in [6.45, 7) is 2.06. The fourth-order valence-electron chi connectivity index (χ4n) is 2.35. The lowest BCUT2D eigenvalue weighted by Crippen LogP contribution is -2.15. The van der Waals surface area contributed by atoms with Crippen molar-refractivity contribution in [3.63, 3.8) is 0 Å². The number of fused-ring (bicyclic) bond motifs is 1. The minimum atomic E-state index is 0.567. The molecule has 0 saturated heterocycles. The van der Waals surface area contributed by atoms with Gasteiger partial charge in [0.25, 0.3) is 0 Å². The topological polar surface area (TPSA) is 42.2 Å². The minimum Gasteiger partial charge on any atom is -0.350 e. The summed E-state index contributed by atoms with van der Waals surface area (Å²) in [6.07, 6.45) is 7.08. The van der Waals surface area contributed by atoms with Crippen molar-refractivity contribution < 1.29 is 0 Å². The number of hydrogen-bond donors (Lipinski definition) is 1. The van der Waals surface area contributed by atoms with Crippen LogP contribution in [0, 0.1) is 6.92 Å². The zero-order valence-corrected chi connectivity index (χ0v) is 9.48. The molecular weight excluding hydrogens is 200 g/mol. The fourth-order valence-corrected chi connectivity index (χ4v) is 2.35. The third-order valence-corrected chi connectivity index (χ3v) is 3.25. The van der Waals surface area contributed by atoms with Crippen molar-refractivity contribution >= 4 is 11.6 Å². The number of hydrogen-bond acceptors (Lipinski definition) is 3. The van der Waals surface area contributed by atoms with E-state index in [1.54, 1.807) is 0 Å². The smallest absolute Gasteiger partial charge is 0.243 e. The van der Waals surface area contributed by atoms with Crippen LogP contribution < -0.4 is 5.32 Å². The first-order valence-electron chi connectivity index (χ1n) is 5.91. The predicted octanol–water partition coefficient (Wildman–Crippen LogP) is 2.39. The quantitative estimate of drug-likeness (QED) is 0.838. The van der Waals surface area contributed by atoms with E-state index in [0.717, 1.165) is 17.2 Å². The lowest BCUT2D eigenvalue weighted by atomic mass is 10.3. The van der Waals surface area contributed by atoms with Gasteiger partial charge in [-0.2, -0.15) is 4.98 Å². The summed E-state index contributed by atoms with van der Waals surface area (Å²) < 4.78 is 1.84. The zero-order valence-electron chi connectivity index (χ0n) is 9.48. The molecule has 2 aromatic rings. The predicted molar refractivity (Wildman–Crippen MR) is 63.6 cm³/mol. The van der Waals surface area contributed by atoms with Crippen LogP contribution in [0.5, 0.6) is 0 Å². The van der Waals surface area contributed by atoms with Gasteiger partial charge in [0.2, 0.25) is 5.95 Å². The SMILES string of the molecule is Cc1cccn2nc(NC3CCCC3)nc12. The molecule has 84 valence electrons. The van der Waals surface area contributed by atoms with Crippen molar-refractivity contribution in [1.29, 1.82) is 0 Å². The summed E-state index contributed by atoms with van der Waals surface area (Å²) in [7, 11) is 0. The average Bonchev–Trinajstić information content (AvgIpc) is 2.88. The Morgan fingerprint density at radius 1 is 1.38 bits per heavy atom. The van der Waals surface area contributed by atoms with Crippen LogP contribution in [0.15, 0.2) is 18.3 Å². The number of aromatic nitrogens is 3. The summed E-state index contributed by atoms with van der Waals surface area (Å²) >= 11 is 0. The second-order valence-corrected chi connectivity index (χ2v) is 4.52. The Labute approximate surface area is 94.7 Å². The molecule has 1 aliphatic rings. The molecule has 1 saturated carbocycles. The van der Waals surface area contributed by atoms with Gasteiger partial charge in [-0.15, -0.1) is 5.10 Å². The molecule has 1 fully saturated rings. The van der Waals surface area contributed by atoms with Crippen molar-refractivity contribution in [2.45, 2.75) is 38.6 Å². The molecule has 16 heavy (non-hydrogen) atoms. The Morgan fingerprint density at radius 2 is 2.19 bits per heavy atom. The monoisotopic (exact) mass is 216 g/mol. The van der Waals surface area contributed by atoms with Gasteiger partial charge in [-0.05, 0) is 31.4 Å². The Hall–Kier alpha value is -1.58. The van der Waals surface area contributed by atoms with Gasteiger partial charge in [0.15, 0.2) is 5.65 Å². The van der Waals surface area contributed by atoms with Crippen LogP contribution >= 0.6 is 0 Å². The van der Waals surface area contributed by atoms with Crippen molar-refractivity contribution in [2.24, 2.45) is 0 Å². The number of aryl methyl sites for hydroxylation is 1. The summed E-state index contributed by atoms with van der Waals surface area (Å²) in [5.74, 6) is 0.765. The van der Waals surface area contributed by atoms with E-state index in [0.29, 0.717) is 6.04 Å². The van der Waals surface area contributed by atoms with Gasteiger partial charge < -0.3 is 5.32 Å². The van der Waals surface area contributed by atoms with Gasteiger partial charge in [-0.25, -0.2) is 4.52 Å². The highest BCUT2D eigenvalue weighted by molar-refractivity contribution is 5.49. The van der Waals surface area contributed by atoms with E-state index in [1.807, 2.05) is 16.8 Å². The molecule has 0 bridgehead atoms. The number of rotatable bonds is 2. The molecule has 4 nitrogen and oxygen atoms in total. The van der Waals surface area contributed by atoms with Crippen molar-refractivity contribution in [2.75, 3.05) is 5.32 Å². The van der Waals surface area contributed by atoms with Gasteiger partial charge >= 0.3 is 0 Å². The van der Waals surface area contributed by atoms with Crippen LogP contribution in [0.2, 0.25) is 0 Å². The minimum absolute atomic E-state index is 0.567. The molecule has 3 rings (SSSR count). The molecular formula is C12H16N4. The molecule has 0 atom stereocenters. The Bertz CT molecular complexity index is 497. The first-order chi connectivity index (χ1) is 7.83. The Morgan fingerprint density at radius 3 is 2.94 bits per heavy atom. The van der Waals surface area contributed by atoms with Gasteiger partial charge in [0.05, 0.1) is 0 Å². The normalized spacial score (nSPS) is 17.1. The molecule has 0 aromatic carbocycles. The van der Waals surface area contributed by atoms with E-state index in [2.05, 4.69) is 28.4 Å². The summed E-state index contributed by atoms with van der Waals surface area (Å²) in [5, 5.41) is 7.85. The average molecular weight is 216 g/mol. The summed E-state index contributed by atoms with van der Waals surface area (Å²) in [6, 6.07) is 4.62. The maximum atomic E-state index is 4.52. The Balaban J connectivity index is 1.90. The molecule has 0 amide bonds. The first kappa shape index (κ1) is 9.63. The second-order valence-electron chi connectivity index (χ2n) is 4.52. The van der Waals surface area contributed by atoms with Crippen LogP contribution in [0.25, 0.3) is 5.65 Å². The van der Waals surface area contributed by atoms with E-state index in [-0.39, 0.29) is 0 Å². The third-order valence-electron chi connectivity index (χ3n) is 3.25. The number of anilines is 1. The summed E-state index contributed by atoms with van der Waals surface area (Å²) in [4.78, 5) is 4.52. The van der Waals surface area contributed by atoms with Crippen LogP contribution in [0.1, 0.15) is 31.2 Å². The number of nitrogens with zero attached hydrogens (tertiary/aromatic N) is 3. The second kappa shape index (κ2) is 3.77. The highest BCUT2D eigenvalue weighted by Gasteiger charge is 2.16. The largest absolute Gasteiger partial charge is 0.350 e. The lowest BCUT2D eigenvalue weighted by Gasteiger charge is -2.08. The van der Waals surface area contributed by atoms with Crippen LogP contribution in [0.3, 0.4) is 0 Å². The van der Waals surface area contributed by atoms with E-state index >= 15 is 0 Å².